The molecular formula is C20H20N6O. The highest BCUT2D eigenvalue weighted by Gasteiger charge is 2.47. The average molecular weight is 360 g/mol. The van der Waals surface area contributed by atoms with Gasteiger partial charge in [0.1, 0.15) is 11.6 Å². The summed E-state index contributed by atoms with van der Waals surface area (Å²) in [5.41, 5.74) is 14.4. The second-order valence-corrected chi connectivity index (χ2v) is 6.45. The van der Waals surface area contributed by atoms with E-state index in [-0.39, 0.29) is 11.8 Å². The van der Waals surface area contributed by atoms with Crippen LogP contribution in [0.4, 0.5) is 0 Å². The lowest BCUT2D eigenvalue weighted by molar-refractivity contribution is 0.406. The Kier molecular flexibility index (Phi) is 3.99. The third-order valence-corrected chi connectivity index (χ3v) is 4.91. The van der Waals surface area contributed by atoms with Crippen LogP contribution in [0.1, 0.15) is 23.1 Å². The molecule has 0 amide bonds. The number of benzene rings is 2. The first kappa shape index (κ1) is 17.0. The minimum atomic E-state index is -1.39. The molecule has 5 N–H and O–H groups in total. The first-order chi connectivity index (χ1) is 13.1. The van der Waals surface area contributed by atoms with Crippen LogP contribution in [0.25, 0.3) is 0 Å². The van der Waals surface area contributed by atoms with Gasteiger partial charge in [0.25, 0.3) is 0 Å². The summed E-state index contributed by atoms with van der Waals surface area (Å²) < 4.78 is 5.48. The number of amidine groups is 2. The van der Waals surface area contributed by atoms with Crippen LogP contribution in [-0.4, -0.2) is 30.5 Å². The maximum atomic E-state index is 8.30. The fraction of sp³-hybridized carbons (Fsp3) is 0.200. The van der Waals surface area contributed by atoms with Gasteiger partial charge >= 0.3 is 0 Å². The van der Waals surface area contributed by atoms with Gasteiger partial charge in [0.15, 0.2) is 5.84 Å². The van der Waals surface area contributed by atoms with E-state index >= 15 is 0 Å². The zero-order valence-corrected chi connectivity index (χ0v) is 14.9. The van der Waals surface area contributed by atoms with Crippen LogP contribution in [0, 0.1) is 5.41 Å². The Balaban J connectivity index is 1.89. The molecule has 1 atom stereocenters. The van der Waals surface area contributed by atoms with E-state index in [1.165, 1.54) is 5.56 Å². The molecule has 0 aromatic heterocycles. The van der Waals surface area contributed by atoms with Crippen LogP contribution < -0.4 is 16.2 Å². The molecule has 0 saturated heterocycles. The van der Waals surface area contributed by atoms with Gasteiger partial charge in [-0.1, -0.05) is 42.5 Å². The molecule has 1 unspecified atom stereocenters. The van der Waals surface area contributed by atoms with Crippen molar-refractivity contribution in [1.82, 2.24) is 0 Å². The summed E-state index contributed by atoms with van der Waals surface area (Å²) >= 11 is 0. The molecule has 1 aliphatic carbocycles. The number of aryl methyl sites for hydroxylation is 1. The van der Waals surface area contributed by atoms with E-state index in [1.54, 1.807) is 19.2 Å². The fourth-order valence-corrected chi connectivity index (χ4v) is 3.64. The molecular weight excluding hydrogens is 340 g/mol. The Bertz CT molecular complexity index is 1020. The molecule has 1 aliphatic heterocycles. The number of rotatable bonds is 3. The lowest BCUT2D eigenvalue weighted by Crippen LogP contribution is -2.44. The Hall–Kier alpha value is -3.48. The highest BCUT2D eigenvalue weighted by molar-refractivity contribution is 6.24. The van der Waals surface area contributed by atoms with Crippen LogP contribution in [-0.2, 0) is 12.0 Å². The molecule has 1 heterocycles. The Morgan fingerprint density at radius 2 is 1.89 bits per heavy atom. The topological polar surface area (TPSA) is 122 Å². The molecule has 4 rings (SSSR count). The van der Waals surface area contributed by atoms with Crippen molar-refractivity contribution in [2.24, 2.45) is 26.4 Å². The fourth-order valence-electron chi connectivity index (χ4n) is 3.64. The summed E-state index contributed by atoms with van der Waals surface area (Å²) in [6, 6.07) is 15.4. The third-order valence-electron chi connectivity index (χ3n) is 4.91. The second kappa shape index (κ2) is 6.35. The van der Waals surface area contributed by atoms with Crippen molar-refractivity contribution in [3.8, 4) is 5.75 Å². The van der Waals surface area contributed by atoms with Crippen molar-refractivity contribution < 1.29 is 4.74 Å². The minimum Gasteiger partial charge on any atom is -0.496 e. The van der Waals surface area contributed by atoms with Crippen LogP contribution in [0.3, 0.4) is 0 Å². The number of nitrogens with zero attached hydrogens (tertiary/aromatic N) is 3. The zero-order chi connectivity index (χ0) is 19.0. The predicted molar refractivity (Wildman–Crippen MR) is 107 cm³/mol. The van der Waals surface area contributed by atoms with Gasteiger partial charge in [-0.05, 0) is 30.0 Å². The van der Waals surface area contributed by atoms with Crippen LogP contribution >= 0.6 is 0 Å². The van der Waals surface area contributed by atoms with E-state index in [9.17, 15) is 0 Å². The molecule has 0 fully saturated rings. The molecule has 2 aliphatic rings. The van der Waals surface area contributed by atoms with Gasteiger partial charge in [-0.25, -0.2) is 9.98 Å². The summed E-state index contributed by atoms with van der Waals surface area (Å²) in [4.78, 5) is 13.6. The number of methoxy groups -OCH3 is 1. The number of hydrogen-bond acceptors (Lipinski definition) is 6. The molecule has 0 bridgehead atoms. The van der Waals surface area contributed by atoms with Gasteiger partial charge in [-0.3, -0.25) is 5.41 Å². The molecule has 7 heteroatoms. The van der Waals surface area contributed by atoms with E-state index in [0.717, 1.165) is 24.1 Å². The number of nitrogens with two attached hydrogens (primary N) is 2. The van der Waals surface area contributed by atoms with E-state index in [1.807, 2.05) is 30.3 Å². The SMILES string of the molecule is COc1ccccc1C1(C(=N)N)N=C(N)N=C1N=C1CCc2ccccc21. The Morgan fingerprint density at radius 3 is 2.67 bits per heavy atom. The molecule has 7 nitrogen and oxygen atoms in total. The first-order valence-electron chi connectivity index (χ1n) is 8.64. The number of aliphatic imine (C=N–C) groups is 3. The van der Waals surface area contributed by atoms with Gasteiger partial charge < -0.3 is 16.2 Å². The Morgan fingerprint density at radius 1 is 1.15 bits per heavy atom. The quantitative estimate of drug-likeness (QED) is 0.573. The number of nitrogens with one attached hydrogen (secondary N) is 1. The van der Waals surface area contributed by atoms with Gasteiger partial charge in [0.2, 0.25) is 11.5 Å². The van der Waals surface area contributed by atoms with Crippen molar-refractivity contribution in [1.29, 1.82) is 5.41 Å². The number of fused-ring (bicyclic) bond motifs is 1. The van der Waals surface area contributed by atoms with Gasteiger partial charge in [0, 0.05) is 5.56 Å². The van der Waals surface area contributed by atoms with Crippen LogP contribution in [0.2, 0.25) is 0 Å². The number of para-hydroxylation sites is 1. The van der Waals surface area contributed by atoms with Crippen LogP contribution in [0.5, 0.6) is 5.75 Å². The lowest BCUT2D eigenvalue weighted by Gasteiger charge is -2.26. The van der Waals surface area contributed by atoms with Crippen molar-refractivity contribution in [3.05, 3.63) is 65.2 Å². The molecule has 0 saturated carbocycles. The van der Waals surface area contributed by atoms with E-state index < -0.39 is 5.54 Å². The van der Waals surface area contributed by atoms with Crippen molar-refractivity contribution in [2.75, 3.05) is 7.11 Å². The van der Waals surface area contributed by atoms with Crippen LogP contribution in [0.15, 0.2) is 63.5 Å². The maximum absolute atomic E-state index is 8.30. The van der Waals surface area contributed by atoms with Crippen molar-refractivity contribution in [3.63, 3.8) is 0 Å². The first-order valence-corrected chi connectivity index (χ1v) is 8.64. The normalized spacial score (nSPS) is 22.3. The van der Waals surface area contributed by atoms with Gasteiger partial charge in [0.05, 0.1) is 12.8 Å². The smallest absolute Gasteiger partial charge is 0.219 e. The second-order valence-electron chi connectivity index (χ2n) is 6.45. The lowest BCUT2D eigenvalue weighted by atomic mass is 9.87. The zero-order valence-electron chi connectivity index (χ0n) is 14.9. The standard InChI is InChI=1S/C20H20N6O/c1-27-16-9-5-4-8-14(16)20(17(21)22)18(25-19(23)26-20)24-15-11-10-12-6-2-3-7-13(12)15/h2-9H,10-11H2,1H3,(H3,21,22)(H2,23,26). The maximum Gasteiger partial charge on any atom is 0.219 e. The summed E-state index contributed by atoms with van der Waals surface area (Å²) in [5.74, 6) is 0.679. The highest BCUT2D eigenvalue weighted by Crippen LogP contribution is 2.38. The highest BCUT2D eigenvalue weighted by atomic mass is 16.5. The molecule has 136 valence electrons. The van der Waals surface area contributed by atoms with Crippen molar-refractivity contribution >= 4 is 23.3 Å². The average Bonchev–Trinajstić information content (AvgIpc) is 3.23. The molecule has 27 heavy (non-hydrogen) atoms. The molecule has 0 radical (unpaired) electrons. The van der Waals surface area contributed by atoms with E-state index in [0.29, 0.717) is 17.1 Å². The monoisotopic (exact) mass is 360 g/mol. The largest absolute Gasteiger partial charge is 0.496 e. The van der Waals surface area contributed by atoms with Gasteiger partial charge in [-0.15, -0.1) is 0 Å². The van der Waals surface area contributed by atoms with Gasteiger partial charge in [-0.2, -0.15) is 4.99 Å². The van der Waals surface area contributed by atoms with E-state index in [4.69, 9.17) is 26.6 Å². The summed E-state index contributed by atoms with van der Waals surface area (Å²) in [6.07, 6.45) is 1.71. The Labute approximate surface area is 157 Å². The summed E-state index contributed by atoms with van der Waals surface area (Å²) in [7, 11) is 1.56. The van der Waals surface area contributed by atoms with Crippen molar-refractivity contribution in [2.45, 2.75) is 18.4 Å². The number of ether oxygens (including phenoxy) is 1. The number of guanidine groups is 1. The predicted octanol–water partition coefficient (Wildman–Crippen LogP) is 1.99. The molecule has 0 spiro atoms. The number of hydrogen-bond donors (Lipinski definition) is 3. The minimum absolute atomic E-state index is 0.0433. The van der Waals surface area contributed by atoms with E-state index in [2.05, 4.69) is 16.1 Å². The summed E-state index contributed by atoms with van der Waals surface area (Å²) in [5, 5.41) is 8.30. The summed E-state index contributed by atoms with van der Waals surface area (Å²) in [6.45, 7) is 0. The molecule has 2 aromatic rings. The third kappa shape index (κ3) is 2.59. The molecule has 2 aromatic carbocycles.